The summed E-state index contributed by atoms with van der Waals surface area (Å²) < 4.78 is 53.1. The highest BCUT2D eigenvalue weighted by atomic mass is 35.5. The van der Waals surface area contributed by atoms with E-state index < -0.39 is 23.8 Å². The van der Waals surface area contributed by atoms with E-state index >= 15 is 0 Å². The average Bonchev–Trinajstić information content (AvgIpc) is 3.45. The predicted octanol–water partition coefficient (Wildman–Crippen LogP) is 4.48. The second-order valence-electron chi connectivity index (χ2n) is 7.16. The van der Waals surface area contributed by atoms with Gasteiger partial charge in [0.25, 0.3) is 5.95 Å². The van der Waals surface area contributed by atoms with Gasteiger partial charge in [-0.15, -0.1) is 0 Å². The summed E-state index contributed by atoms with van der Waals surface area (Å²) in [5, 5.41) is 8.01. The Hall–Kier alpha value is -3.67. The first-order valence-corrected chi connectivity index (χ1v) is 10.4. The van der Waals surface area contributed by atoms with Gasteiger partial charge in [-0.25, -0.2) is 14.5 Å². The number of rotatable bonds is 6. The first-order valence-electron chi connectivity index (χ1n) is 10.0. The first kappa shape index (κ1) is 23.5. The lowest BCUT2D eigenvalue weighted by Crippen LogP contribution is -2.13. The van der Waals surface area contributed by atoms with E-state index in [4.69, 9.17) is 21.1 Å². The summed E-state index contributed by atoms with van der Waals surface area (Å²) >= 11 is 5.75. The Morgan fingerprint density at radius 1 is 1.21 bits per heavy atom. The molecule has 0 saturated heterocycles. The lowest BCUT2D eigenvalue weighted by atomic mass is 10.0. The van der Waals surface area contributed by atoms with Crippen LogP contribution in [0.25, 0.3) is 17.0 Å². The third-order valence-electron chi connectivity index (χ3n) is 5.04. The largest absolute Gasteiger partial charge is 0.479 e. The fraction of sp³-hybridized carbons (Fsp3) is 0.286. The number of hydrogen-bond donors (Lipinski definition) is 0. The molecule has 0 spiro atoms. The lowest BCUT2D eigenvalue weighted by Gasteiger charge is -2.17. The van der Waals surface area contributed by atoms with Crippen LogP contribution in [0.5, 0.6) is 5.88 Å². The van der Waals surface area contributed by atoms with Crippen molar-refractivity contribution in [2.75, 3.05) is 13.7 Å². The highest BCUT2D eigenvalue weighted by Crippen LogP contribution is 2.37. The molecule has 3 heterocycles. The van der Waals surface area contributed by atoms with Crippen molar-refractivity contribution in [3.63, 3.8) is 0 Å². The molecule has 0 radical (unpaired) electrons. The molecule has 0 aliphatic carbocycles. The molecule has 13 heteroatoms. The van der Waals surface area contributed by atoms with Gasteiger partial charge in [-0.3, -0.25) is 4.68 Å². The Labute approximate surface area is 196 Å². The maximum absolute atomic E-state index is 13.3. The second-order valence-corrected chi connectivity index (χ2v) is 7.57. The molecule has 0 aliphatic heterocycles. The van der Waals surface area contributed by atoms with E-state index in [1.165, 1.54) is 47.2 Å². The zero-order valence-electron chi connectivity index (χ0n) is 18.2. The minimum absolute atomic E-state index is 0.109. The molecule has 0 fully saturated rings. The molecule has 0 saturated carbocycles. The topological polar surface area (TPSA) is 97.0 Å². The fourth-order valence-electron chi connectivity index (χ4n) is 3.37. The molecule has 1 aromatic carbocycles. The normalized spacial score (nSPS) is 12.7. The van der Waals surface area contributed by atoms with Gasteiger partial charge in [-0.1, -0.05) is 17.7 Å². The molecule has 0 amide bonds. The Kier molecular flexibility index (Phi) is 6.17. The van der Waals surface area contributed by atoms with Crippen LogP contribution in [-0.2, 0) is 10.9 Å². The number of aromatic nitrogens is 6. The van der Waals surface area contributed by atoms with Crippen LogP contribution in [0, 0.1) is 0 Å². The number of carbonyl (C=O) groups excluding carboxylic acids is 1. The van der Waals surface area contributed by atoms with E-state index in [-0.39, 0.29) is 29.0 Å². The van der Waals surface area contributed by atoms with Crippen LogP contribution in [-0.4, -0.2) is 49.2 Å². The molecule has 3 aromatic heterocycles. The van der Waals surface area contributed by atoms with E-state index in [1.54, 1.807) is 13.8 Å². The maximum Gasteiger partial charge on any atom is 0.417 e. The zero-order chi connectivity index (χ0) is 24.6. The maximum atomic E-state index is 13.3. The number of ether oxygens (including phenoxy) is 2. The predicted molar refractivity (Wildman–Crippen MR) is 115 cm³/mol. The van der Waals surface area contributed by atoms with E-state index in [0.29, 0.717) is 16.6 Å². The smallest absolute Gasteiger partial charge is 0.417 e. The standard InChI is InChI=1S/C21H18ClF3N6O3/c1-4-34-19(32)13-8-26-30(10-13)20-28-16-9-27-31(17(16)18(29-20)33-3)11(2)12-5-6-15(22)14(7-12)21(23,24)25/h5-11H,4H2,1-3H3. The van der Waals surface area contributed by atoms with Crippen LogP contribution in [0.3, 0.4) is 0 Å². The summed E-state index contributed by atoms with van der Waals surface area (Å²) in [5.41, 5.74) is 0.361. The average molecular weight is 495 g/mol. The Morgan fingerprint density at radius 2 is 1.97 bits per heavy atom. The van der Waals surface area contributed by atoms with Crippen molar-refractivity contribution in [2.24, 2.45) is 0 Å². The Morgan fingerprint density at radius 3 is 2.65 bits per heavy atom. The number of methoxy groups -OCH3 is 1. The number of benzene rings is 1. The van der Waals surface area contributed by atoms with E-state index in [9.17, 15) is 18.0 Å². The van der Waals surface area contributed by atoms with Crippen molar-refractivity contribution in [3.8, 4) is 11.8 Å². The van der Waals surface area contributed by atoms with Crippen molar-refractivity contribution in [3.05, 3.63) is 58.5 Å². The van der Waals surface area contributed by atoms with Gasteiger partial charge < -0.3 is 9.47 Å². The number of nitrogens with zero attached hydrogens (tertiary/aromatic N) is 6. The first-order chi connectivity index (χ1) is 16.1. The van der Waals surface area contributed by atoms with Crippen molar-refractivity contribution < 1.29 is 27.4 Å². The van der Waals surface area contributed by atoms with Gasteiger partial charge in [-0.05, 0) is 31.5 Å². The third-order valence-corrected chi connectivity index (χ3v) is 5.37. The summed E-state index contributed by atoms with van der Waals surface area (Å²) in [5.74, 6) is -0.301. The summed E-state index contributed by atoms with van der Waals surface area (Å²) in [4.78, 5) is 20.7. The fourth-order valence-corrected chi connectivity index (χ4v) is 3.60. The van der Waals surface area contributed by atoms with Crippen LogP contribution in [0.4, 0.5) is 13.2 Å². The summed E-state index contributed by atoms with van der Waals surface area (Å²) in [6.45, 7) is 3.59. The van der Waals surface area contributed by atoms with Gasteiger partial charge in [-0.2, -0.15) is 28.4 Å². The highest BCUT2D eigenvalue weighted by Gasteiger charge is 2.34. The van der Waals surface area contributed by atoms with Gasteiger partial charge >= 0.3 is 12.1 Å². The number of carbonyl (C=O) groups is 1. The minimum atomic E-state index is -4.60. The van der Waals surface area contributed by atoms with Gasteiger partial charge in [0.05, 0.1) is 48.3 Å². The Balaban J connectivity index is 1.75. The molecule has 4 aromatic rings. The number of hydrogen-bond acceptors (Lipinski definition) is 7. The molecule has 1 atom stereocenters. The molecule has 4 rings (SSSR count). The zero-order valence-corrected chi connectivity index (χ0v) is 18.9. The molecule has 0 bridgehead atoms. The minimum Gasteiger partial charge on any atom is -0.479 e. The van der Waals surface area contributed by atoms with Crippen LogP contribution in [0.15, 0.2) is 36.8 Å². The molecule has 0 aliphatic rings. The van der Waals surface area contributed by atoms with Gasteiger partial charge in [0.1, 0.15) is 11.0 Å². The van der Waals surface area contributed by atoms with Crippen molar-refractivity contribution >= 4 is 28.6 Å². The molecule has 178 valence electrons. The van der Waals surface area contributed by atoms with E-state index in [1.807, 2.05) is 0 Å². The van der Waals surface area contributed by atoms with E-state index in [0.717, 1.165) is 6.07 Å². The number of fused-ring (bicyclic) bond motifs is 1. The summed E-state index contributed by atoms with van der Waals surface area (Å²) in [7, 11) is 1.39. The van der Waals surface area contributed by atoms with Gasteiger partial charge in [0.15, 0.2) is 0 Å². The SMILES string of the molecule is CCOC(=O)c1cnn(-c2nc(OC)c3c(cnn3C(C)c3ccc(Cl)c(C(F)(F)F)c3)n2)c1. The Bertz CT molecular complexity index is 1370. The molecular formula is C21H18ClF3N6O3. The number of alkyl halides is 3. The van der Waals surface area contributed by atoms with Crippen LogP contribution in [0.2, 0.25) is 5.02 Å². The number of halogens is 4. The quantitative estimate of drug-likeness (QED) is 0.364. The van der Waals surface area contributed by atoms with Crippen molar-refractivity contribution in [1.82, 2.24) is 29.5 Å². The van der Waals surface area contributed by atoms with Crippen LogP contribution < -0.4 is 4.74 Å². The number of esters is 1. The molecule has 1 unspecified atom stereocenters. The molecular weight excluding hydrogens is 477 g/mol. The van der Waals surface area contributed by atoms with Gasteiger partial charge in [0.2, 0.25) is 5.88 Å². The monoisotopic (exact) mass is 494 g/mol. The molecule has 34 heavy (non-hydrogen) atoms. The third kappa shape index (κ3) is 4.28. The lowest BCUT2D eigenvalue weighted by molar-refractivity contribution is -0.137. The van der Waals surface area contributed by atoms with E-state index in [2.05, 4.69) is 20.2 Å². The highest BCUT2D eigenvalue weighted by molar-refractivity contribution is 6.31. The summed E-state index contributed by atoms with van der Waals surface area (Å²) in [6.07, 6.45) is -0.420. The van der Waals surface area contributed by atoms with Crippen molar-refractivity contribution in [2.45, 2.75) is 26.1 Å². The summed E-state index contributed by atoms with van der Waals surface area (Å²) in [6, 6.07) is 3.06. The van der Waals surface area contributed by atoms with Crippen molar-refractivity contribution in [1.29, 1.82) is 0 Å². The van der Waals surface area contributed by atoms with Crippen LogP contribution in [0.1, 0.15) is 41.4 Å². The van der Waals surface area contributed by atoms with Gasteiger partial charge in [0, 0.05) is 6.20 Å². The molecule has 9 nitrogen and oxygen atoms in total. The van der Waals surface area contributed by atoms with Crippen LogP contribution >= 0.6 is 11.6 Å². The molecule has 0 N–H and O–H groups in total. The second kappa shape index (κ2) is 8.93.